The van der Waals surface area contributed by atoms with Crippen molar-refractivity contribution in [3.63, 3.8) is 0 Å². The number of aromatic nitrogens is 5. The Morgan fingerprint density at radius 2 is 1.70 bits per heavy atom. The molecule has 37 heavy (non-hydrogen) atoms. The van der Waals surface area contributed by atoms with E-state index in [-0.39, 0.29) is 23.2 Å². The first-order valence-corrected chi connectivity index (χ1v) is 12.9. The van der Waals surface area contributed by atoms with Gasteiger partial charge < -0.3 is 23.7 Å². The number of aryl methyl sites for hydroxylation is 1. The molecule has 4 aromatic rings. The molecule has 0 amide bonds. The van der Waals surface area contributed by atoms with E-state index in [1.165, 1.54) is 45.2 Å². The number of ether oxygens (including phenoxy) is 3. The molecule has 196 valence electrons. The lowest BCUT2D eigenvalue weighted by Gasteiger charge is -2.20. The number of rotatable bonds is 10. The normalized spacial score (nSPS) is 13.2. The highest BCUT2D eigenvalue weighted by atomic mass is 32.2. The molecule has 3 aromatic heterocycles. The van der Waals surface area contributed by atoms with Crippen LogP contribution >= 0.6 is 0 Å². The van der Waals surface area contributed by atoms with Gasteiger partial charge in [-0.05, 0) is 38.1 Å². The van der Waals surface area contributed by atoms with Gasteiger partial charge in [0, 0.05) is 0 Å². The number of hydrogen-bond acceptors (Lipinski definition) is 11. The molecule has 4 rings (SSSR count). The van der Waals surface area contributed by atoms with Gasteiger partial charge >= 0.3 is 0 Å². The number of benzene rings is 1. The van der Waals surface area contributed by atoms with Crippen LogP contribution in [0.2, 0.25) is 0 Å². The van der Waals surface area contributed by atoms with Crippen molar-refractivity contribution in [3.8, 4) is 34.7 Å². The Bertz CT molecular complexity index is 1460. The average Bonchev–Trinajstić information content (AvgIpc) is 3.52. The van der Waals surface area contributed by atoms with E-state index >= 15 is 0 Å². The van der Waals surface area contributed by atoms with Crippen molar-refractivity contribution in [2.45, 2.75) is 31.0 Å². The fraction of sp³-hybridized carbons (Fsp3) is 0.333. The standard InChI is InChI=1S/C24H27N5O7S/c1-14-9-10-19(36-14)24-28-27-20(29(24)22-17(33-3)7-6-8-18(22)34-4)13-37(31,32)15(2)23(30)16-11-26-21(35-5)12-25-16/h6-12,15,23,30H,13H2,1-5H3/t15-,23-/m1/s1. The third kappa shape index (κ3) is 5.13. The summed E-state index contributed by atoms with van der Waals surface area (Å²) < 4.78 is 50.3. The van der Waals surface area contributed by atoms with Gasteiger partial charge in [-0.1, -0.05) is 6.07 Å². The van der Waals surface area contributed by atoms with Gasteiger partial charge in [0.15, 0.2) is 21.4 Å². The molecule has 0 bridgehead atoms. The molecule has 1 N–H and O–H groups in total. The highest BCUT2D eigenvalue weighted by Crippen LogP contribution is 2.37. The van der Waals surface area contributed by atoms with Crippen molar-refractivity contribution < 1.29 is 32.2 Å². The quantitative estimate of drug-likeness (QED) is 0.323. The van der Waals surface area contributed by atoms with E-state index in [2.05, 4.69) is 20.2 Å². The summed E-state index contributed by atoms with van der Waals surface area (Å²) in [5, 5.41) is 18.0. The molecule has 0 unspecified atom stereocenters. The highest BCUT2D eigenvalue weighted by molar-refractivity contribution is 7.91. The maximum atomic E-state index is 13.5. The maximum absolute atomic E-state index is 13.5. The first kappa shape index (κ1) is 26.1. The minimum absolute atomic E-state index is 0.0757. The summed E-state index contributed by atoms with van der Waals surface area (Å²) in [4.78, 5) is 8.06. The van der Waals surface area contributed by atoms with Crippen LogP contribution in [0.3, 0.4) is 0 Å². The molecule has 0 fully saturated rings. The van der Waals surface area contributed by atoms with Crippen LogP contribution in [0.15, 0.2) is 47.1 Å². The molecular weight excluding hydrogens is 502 g/mol. The van der Waals surface area contributed by atoms with Crippen LogP contribution in [-0.4, -0.2) is 64.8 Å². The molecule has 0 aliphatic carbocycles. The molecule has 12 nitrogen and oxygen atoms in total. The van der Waals surface area contributed by atoms with Gasteiger partial charge in [-0.15, -0.1) is 10.2 Å². The summed E-state index contributed by atoms with van der Waals surface area (Å²) in [5.74, 6) is 1.86. The average molecular weight is 530 g/mol. The summed E-state index contributed by atoms with van der Waals surface area (Å²) in [5.41, 5.74) is 0.498. The van der Waals surface area contributed by atoms with Crippen LogP contribution < -0.4 is 14.2 Å². The van der Waals surface area contributed by atoms with Gasteiger partial charge in [-0.25, -0.2) is 13.4 Å². The zero-order valence-corrected chi connectivity index (χ0v) is 21.8. The molecule has 0 radical (unpaired) electrons. The van der Waals surface area contributed by atoms with Crippen LogP contribution in [0.25, 0.3) is 17.3 Å². The van der Waals surface area contributed by atoms with Crippen molar-refractivity contribution in [1.82, 2.24) is 24.7 Å². The van der Waals surface area contributed by atoms with E-state index in [9.17, 15) is 13.5 Å². The number of nitrogens with zero attached hydrogens (tertiary/aromatic N) is 5. The van der Waals surface area contributed by atoms with E-state index in [4.69, 9.17) is 18.6 Å². The third-order valence-corrected chi connectivity index (χ3v) is 7.87. The smallest absolute Gasteiger partial charge is 0.231 e. The lowest BCUT2D eigenvalue weighted by Crippen LogP contribution is -2.28. The second kappa shape index (κ2) is 10.6. The number of methoxy groups -OCH3 is 3. The Kier molecular flexibility index (Phi) is 7.45. The first-order valence-electron chi connectivity index (χ1n) is 11.2. The Hall–Kier alpha value is -3.97. The molecular formula is C24H27N5O7S. The Morgan fingerprint density at radius 1 is 1.00 bits per heavy atom. The minimum Gasteiger partial charge on any atom is -0.494 e. The van der Waals surface area contributed by atoms with Gasteiger partial charge in [-0.3, -0.25) is 9.55 Å². The van der Waals surface area contributed by atoms with Crippen molar-refractivity contribution in [2.24, 2.45) is 0 Å². The van der Waals surface area contributed by atoms with E-state index in [0.717, 1.165) is 0 Å². The molecule has 0 aliphatic rings. The zero-order chi connectivity index (χ0) is 26.7. The topological polar surface area (TPSA) is 152 Å². The van der Waals surface area contributed by atoms with Crippen molar-refractivity contribution in [2.75, 3.05) is 21.3 Å². The Balaban J connectivity index is 1.79. The predicted octanol–water partition coefficient (Wildman–Crippen LogP) is 2.69. The summed E-state index contributed by atoms with van der Waals surface area (Å²) in [6, 6.07) is 8.64. The second-order valence-electron chi connectivity index (χ2n) is 8.14. The molecule has 0 spiro atoms. The lowest BCUT2D eigenvalue weighted by molar-refractivity contribution is 0.170. The van der Waals surface area contributed by atoms with Gasteiger partial charge in [0.05, 0.1) is 44.7 Å². The van der Waals surface area contributed by atoms with Crippen LogP contribution in [-0.2, 0) is 15.6 Å². The Morgan fingerprint density at radius 3 is 2.24 bits per heavy atom. The summed E-state index contributed by atoms with van der Waals surface area (Å²) in [6.07, 6.45) is 1.14. The van der Waals surface area contributed by atoms with Crippen molar-refractivity contribution >= 4 is 9.84 Å². The van der Waals surface area contributed by atoms with Gasteiger partial charge in [0.2, 0.25) is 11.7 Å². The monoisotopic (exact) mass is 529 g/mol. The maximum Gasteiger partial charge on any atom is 0.231 e. The van der Waals surface area contributed by atoms with Crippen molar-refractivity contribution in [3.05, 3.63) is 60.0 Å². The molecule has 0 saturated carbocycles. The molecule has 13 heteroatoms. The largest absolute Gasteiger partial charge is 0.494 e. The third-order valence-electron chi connectivity index (χ3n) is 5.82. The van der Waals surface area contributed by atoms with Gasteiger partial charge in [0.1, 0.15) is 34.8 Å². The van der Waals surface area contributed by atoms with Crippen LogP contribution in [0.1, 0.15) is 30.3 Å². The summed E-state index contributed by atoms with van der Waals surface area (Å²) in [6.45, 7) is 3.18. The van der Waals surface area contributed by atoms with E-state index < -0.39 is 26.9 Å². The van der Waals surface area contributed by atoms with Crippen LogP contribution in [0.4, 0.5) is 0 Å². The molecule has 3 heterocycles. The fourth-order valence-electron chi connectivity index (χ4n) is 3.74. The van der Waals surface area contributed by atoms with E-state index in [1.807, 2.05) is 0 Å². The molecule has 0 saturated heterocycles. The first-order chi connectivity index (χ1) is 17.7. The SMILES string of the molecule is COc1cnc([C@H](O)[C@@H](C)S(=O)(=O)Cc2nnc(-c3ccc(C)o3)n2-c2c(OC)cccc2OC)cn1. The highest BCUT2D eigenvalue weighted by Gasteiger charge is 2.34. The summed E-state index contributed by atoms with van der Waals surface area (Å²) >= 11 is 0. The summed E-state index contributed by atoms with van der Waals surface area (Å²) in [7, 11) is 0.415. The van der Waals surface area contributed by atoms with Gasteiger partial charge in [0.25, 0.3) is 0 Å². The number of aliphatic hydroxyl groups excluding tert-OH is 1. The van der Waals surface area contributed by atoms with Crippen LogP contribution in [0.5, 0.6) is 17.4 Å². The second-order valence-corrected chi connectivity index (χ2v) is 10.5. The Labute approximate surface area is 213 Å². The zero-order valence-electron chi connectivity index (χ0n) is 20.9. The molecule has 0 aliphatic heterocycles. The van der Waals surface area contributed by atoms with E-state index in [0.29, 0.717) is 28.7 Å². The predicted molar refractivity (Wildman–Crippen MR) is 133 cm³/mol. The van der Waals surface area contributed by atoms with Crippen LogP contribution in [0, 0.1) is 6.92 Å². The number of sulfone groups is 1. The molecule has 1 aromatic carbocycles. The number of furan rings is 1. The van der Waals surface area contributed by atoms with Gasteiger partial charge in [-0.2, -0.15) is 0 Å². The van der Waals surface area contributed by atoms with E-state index in [1.54, 1.807) is 37.3 Å². The number of aliphatic hydroxyl groups is 1. The molecule has 2 atom stereocenters. The minimum atomic E-state index is -3.99. The van der Waals surface area contributed by atoms with Crippen molar-refractivity contribution in [1.29, 1.82) is 0 Å². The number of para-hydroxylation sites is 1. The number of hydrogen-bond donors (Lipinski definition) is 1. The fourth-order valence-corrected chi connectivity index (χ4v) is 5.09. The lowest BCUT2D eigenvalue weighted by atomic mass is 10.2.